The van der Waals surface area contributed by atoms with Gasteiger partial charge in [-0.3, -0.25) is 9.11 Å². The molecule has 2 N–H and O–H groups in total. The van der Waals surface area contributed by atoms with E-state index in [4.69, 9.17) is 4.18 Å². The predicted molar refractivity (Wildman–Crippen MR) is 168 cm³/mol. The summed E-state index contributed by atoms with van der Waals surface area (Å²) in [5.41, 5.74) is 0.182. The standard InChI is InChI=1S/C26H20N4O9S3.3Na/c31-40(32,39-23-18-20(16-17-27-23)19-10-4-1-5-11-19)24-28-25(41(33,34)35,21-12-6-2-7-13-21)26(30-29-24,42(36,37)38)22-14-8-3-9-15-22;;;/h1-18H,(H,33,34,35)(H,36,37,38);;;. The third-order valence-corrected chi connectivity index (χ3v) is 10.2. The summed E-state index contributed by atoms with van der Waals surface area (Å²) in [6.45, 7) is 0. The molecular weight excluding hydrogens is 677 g/mol. The second-order valence-electron chi connectivity index (χ2n) is 8.85. The first-order valence-electron chi connectivity index (χ1n) is 11.9. The third kappa shape index (κ3) is 7.39. The summed E-state index contributed by atoms with van der Waals surface area (Å²) in [6, 6.07) is 24.1. The zero-order valence-corrected chi connectivity index (χ0v) is 32.6. The van der Waals surface area contributed by atoms with Crippen molar-refractivity contribution in [1.29, 1.82) is 0 Å². The van der Waals surface area contributed by atoms with E-state index < -0.39 is 62.3 Å². The van der Waals surface area contributed by atoms with Crippen LogP contribution in [-0.4, -0.2) is 133 Å². The molecule has 19 heteroatoms. The number of benzene rings is 3. The van der Waals surface area contributed by atoms with Gasteiger partial charge >= 0.3 is 25.4 Å². The summed E-state index contributed by atoms with van der Waals surface area (Å²) in [6.07, 6.45) is 1.27. The largest absolute Gasteiger partial charge is 0.378 e. The van der Waals surface area contributed by atoms with Gasteiger partial charge in [0.25, 0.3) is 19.9 Å². The van der Waals surface area contributed by atoms with Crippen molar-refractivity contribution in [3.8, 4) is 17.0 Å². The van der Waals surface area contributed by atoms with Gasteiger partial charge in [0.05, 0.1) is 0 Å². The number of pyridine rings is 1. The van der Waals surface area contributed by atoms with Gasteiger partial charge in [0.1, 0.15) is 0 Å². The molecule has 45 heavy (non-hydrogen) atoms. The Hall–Kier alpha value is -1.35. The average molecular weight is 698 g/mol. The Morgan fingerprint density at radius 1 is 0.600 bits per heavy atom. The maximum Gasteiger partial charge on any atom is 0.378 e. The van der Waals surface area contributed by atoms with Crippen LogP contribution in [0.3, 0.4) is 0 Å². The number of aliphatic imine (C=N–C) groups is 1. The number of rotatable bonds is 7. The molecule has 2 atom stereocenters. The van der Waals surface area contributed by atoms with Crippen LogP contribution in [0.25, 0.3) is 11.1 Å². The molecule has 0 saturated heterocycles. The first-order valence-corrected chi connectivity index (χ1v) is 16.1. The minimum Gasteiger partial charge on any atom is -0.356 e. The van der Waals surface area contributed by atoms with E-state index in [0.29, 0.717) is 11.1 Å². The summed E-state index contributed by atoms with van der Waals surface area (Å²) < 4.78 is 106. The monoisotopic (exact) mass is 697 g/mol. The van der Waals surface area contributed by atoms with Crippen LogP contribution in [0.5, 0.6) is 5.88 Å². The van der Waals surface area contributed by atoms with Gasteiger partial charge in [-0.1, -0.05) is 91.0 Å². The van der Waals surface area contributed by atoms with Crippen molar-refractivity contribution in [1.82, 2.24) is 4.98 Å². The van der Waals surface area contributed by atoms with E-state index >= 15 is 0 Å². The van der Waals surface area contributed by atoms with Gasteiger partial charge in [-0.25, -0.2) is 9.98 Å². The Morgan fingerprint density at radius 2 is 1.07 bits per heavy atom. The molecule has 4 aromatic rings. The quantitative estimate of drug-likeness (QED) is 0.164. The van der Waals surface area contributed by atoms with Crippen molar-refractivity contribution < 1.29 is 38.5 Å². The van der Waals surface area contributed by atoms with E-state index in [0.717, 1.165) is 24.3 Å². The summed E-state index contributed by atoms with van der Waals surface area (Å²) in [5, 5.41) is 5.61. The maximum absolute atomic E-state index is 13.4. The zero-order chi connectivity index (χ0) is 30.2. The van der Waals surface area contributed by atoms with E-state index in [1.807, 2.05) is 0 Å². The summed E-state index contributed by atoms with van der Waals surface area (Å²) >= 11 is 0. The molecule has 5 rings (SSSR count). The third-order valence-electron chi connectivity index (χ3n) is 6.33. The first kappa shape index (κ1) is 39.8. The van der Waals surface area contributed by atoms with Crippen LogP contribution < -0.4 is 4.18 Å². The van der Waals surface area contributed by atoms with Crippen molar-refractivity contribution in [3.05, 3.63) is 120 Å². The first-order chi connectivity index (χ1) is 19.8. The molecule has 0 bridgehead atoms. The molecule has 1 aliphatic rings. The molecule has 0 fully saturated rings. The Labute approximate surface area is 326 Å². The van der Waals surface area contributed by atoms with Crippen LogP contribution in [-0.2, 0) is 40.1 Å². The number of azo groups is 1. The molecule has 2 heterocycles. The van der Waals surface area contributed by atoms with E-state index in [1.54, 1.807) is 36.4 Å². The number of nitrogens with zero attached hydrogens (tertiary/aromatic N) is 4. The van der Waals surface area contributed by atoms with Gasteiger partial charge < -0.3 is 4.18 Å². The van der Waals surface area contributed by atoms with Crippen molar-refractivity contribution in [2.75, 3.05) is 0 Å². The van der Waals surface area contributed by atoms with Crippen molar-refractivity contribution in [2.24, 2.45) is 15.2 Å². The average Bonchev–Trinajstić information content (AvgIpc) is 2.97. The fraction of sp³-hybridized carbons (Fsp3) is 0.0769. The maximum atomic E-state index is 13.4. The molecule has 1 aliphatic heterocycles. The van der Waals surface area contributed by atoms with E-state index in [-0.39, 0.29) is 88.7 Å². The van der Waals surface area contributed by atoms with E-state index in [2.05, 4.69) is 20.2 Å². The van der Waals surface area contributed by atoms with Crippen LogP contribution in [0.1, 0.15) is 11.1 Å². The Morgan fingerprint density at radius 3 is 1.56 bits per heavy atom. The van der Waals surface area contributed by atoms with Gasteiger partial charge in [-0.2, -0.15) is 30.4 Å². The van der Waals surface area contributed by atoms with Gasteiger partial charge in [0, 0.05) is 112 Å². The molecule has 3 radical (unpaired) electrons. The molecule has 13 nitrogen and oxygen atoms in total. The predicted octanol–water partition coefficient (Wildman–Crippen LogP) is 2.62. The number of amidine groups is 1. The van der Waals surface area contributed by atoms with E-state index in [9.17, 15) is 34.4 Å². The topological polar surface area (TPSA) is 202 Å². The Kier molecular flexibility index (Phi) is 13.5. The molecule has 1 aromatic heterocycles. The van der Waals surface area contributed by atoms with Crippen molar-refractivity contribution in [2.45, 2.75) is 9.74 Å². The fourth-order valence-corrected chi connectivity index (χ4v) is 8.24. The van der Waals surface area contributed by atoms with Crippen LogP contribution in [0.4, 0.5) is 0 Å². The number of hydrogen-bond acceptors (Lipinski definition) is 11. The molecular formula is C26H20N4Na3O9S3. The van der Waals surface area contributed by atoms with Crippen LogP contribution in [0.15, 0.2) is 125 Å². The normalized spacial score (nSPS) is 19.6. The Bertz CT molecular complexity index is 2040. The Balaban J connectivity index is 0.00000235. The smallest absolute Gasteiger partial charge is 0.356 e. The summed E-state index contributed by atoms with van der Waals surface area (Å²) in [4.78, 5) is 0.710. The van der Waals surface area contributed by atoms with Gasteiger partial charge in [-0.15, -0.1) is 5.11 Å². The fourth-order valence-electron chi connectivity index (χ4n) is 4.53. The molecule has 0 spiro atoms. The SMILES string of the molecule is O=S(=O)(Oc1cc(-c2ccccc2)ccn1)C1=NC(c2ccccc2)(S(=O)(=O)O)C(c2ccccc2)(S(=O)(=O)O)N=N1.[Na].[Na].[Na]. The molecule has 3 aromatic carbocycles. The van der Waals surface area contributed by atoms with Gasteiger partial charge in [0.15, 0.2) is 0 Å². The van der Waals surface area contributed by atoms with Crippen LogP contribution >= 0.6 is 0 Å². The minimum absolute atomic E-state index is 0. The molecule has 2 unspecified atom stereocenters. The summed E-state index contributed by atoms with van der Waals surface area (Å²) in [7, 11) is -16.7. The number of hydrogen-bond donors (Lipinski definition) is 2. The second kappa shape index (κ2) is 15.3. The molecule has 0 amide bonds. The van der Waals surface area contributed by atoms with Crippen molar-refractivity contribution >= 4 is 124 Å². The zero-order valence-electron chi connectivity index (χ0n) is 24.2. The summed E-state index contributed by atoms with van der Waals surface area (Å²) in [5.74, 6) is -0.457. The van der Waals surface area contributed by atoms with Crippen LogP contribution in [0, 0.1) is 0 Å². The minimum atomic E-state index is -5.80. The van der Waals surface area contributed by atoms with Crippen molar-refractivity contribution in [3.63, 3.8) is 0 Å². The molecule has 0 saturated carbocycles. The van der Waals surface area contributed by atoms with Crippen LogP contribution in [0.2, 0.25) is 0 Å². The second-order valence-corrected chi connectivity index (χ2v) is 13.4. The van der Waals surface area contributed by atoms with Gasteiger partial charge in [-0.05, 0) is 17.2 Å². The number of aromatic nitrogens is 1. The molecule has 219 valence electrons. The molecule has 0 aliphatic carbocycles. The van der Waals surface area contributed by atoms with E-state index in [1.165, 1.54) is 48.7 Å². The van der Waals surface area contributed by atoms with Gasteiger partial charge in [0.2, 0.25) is 5.88 Å².